The zero-order chi connectivity index (χ0) is 26.8. The van der Waals surface area contributed by atoms with Crippen LogP contribution in [0.25, 0.3) is 0 Å². The first kappa shape index (κ1) is 28.7. The summed E-state index contributed by atoms with van der Waals surface area (Å²) in [4.78, 5) is 29.8. The van der Waals surface area contributed by atoms with E-state index in [4.69, 9.17) is 4.74 Å². The van der Waals surface area contributed by atoms with E-state index >= 15 is 0 Å². The Balaban J connectivity index is 1.61. The first-order chi connectivity index (χ1) is 17.7. The zero-order valence-electron chi connectivity index (χ0n) is 21.9. The number of amides is 2. The molecule has 3 N–H and O–H groups in total. The van der Waals surface area contributed by atoms with E-state index in [-0.39, 0.29) is 30.5 Å². The van der Waals surface area contributed by atoms with Crippen LogP contribution in [-0.2, 0) is 16.0 Å². The number of rotatable bonds is 9. The summed E-state index contributed by atoms with van der Waals surface area (Å²) < 4.78 is 5.41. The van der Waals surface area contributed by atoms with E-state index < -0.39 is 24.7 Å². The minimum Gasteiger partial charge on any atom is -0.447 e. The molecule has 2 fully saturated rings. The van der Waals surface area contributed by atoms with Gasteiger partial charge in [0.15, 0.2) is 0 Å². The summed E-state index contributed by atoms with van der Waals surface area (Å²) in [7, 11) is -1.76. The number of likely N-dealkylation sites (tertiary alicyclic amines) is 2. The Labute approximate surface area is 220 Å². The molecule has 0 saturated carbocycles. The molecule has 2 aliphatic rings. The Bertz CT molecular complexity index is 973. The number of ether oxygens (including phenoxy) is 1. The first-order valence-corrected chi connectivity index (χ1v) is 13.2. The van der Waals surface area contributed by atoms with E-state index in [1.54, 1.807) is 11.0 Å². The van der Waals surface area contributed by atoms with Gasteiger partial charge in [-0.1, -0.05) is 36.8 Å². The predicted molar refractivity (Wildman–Crippen MR) is 141 cm³/mol. The lowest BCUT2D eigenvalue weighted by molar-refractivity contribution is -0.131. The van der Waals surface area contributed by atoms with Gasteiger partial charge in [0, 0.05) is 12.1 Å². The molecule has 0 aromatic heterocycles. The molecule has 0 radical (unpaired) electrons. The third-order valence-electron chi connectivity index (χ3n) is 7.28. The fourth-order valence-electron chi connectivity index (χ4n) is 5.12. The molecule has 2 amide bonds. The van der Waals surface area contributed by atoms with Crippen LogP contribution < -0.4 is 5.32 Å². The number of alkyl carbamates (subject to hydrolysis) is 1. The van der Waals surface area contributed by atoms with Crippen molar-refractivity contribution in [2.24, 2.45) is 0 Å². The van der Waals surface area contributed by atoms with E-state index in [1.807, 2.05) is 44.2 Å². The molecular formula is C27H39BN4O5. The fourth-order valence-corrected chi connectivity index (χ4v) is 5.12. The Kier molecular flexibility index (Phi) is 10.6. The van der Waals surface area contributed by atoms with E-state index in [9.17, 15) is 24.9 Å². The van der Waals surface area contributed by atoms with Gasteiger partial charge in [0.25, 0.3) is 5.91 Å². The summed E-state index contributed by atoms with van der Waals surface area (Å²) in [5.74, 6) is -1.28. The highest BCUT2D eigenvalue weighted by Crippen LogP contribution is 2.25. The third-order valence-corrected chi connectivity index (χ3v) is 7.28. The molecule has 2 saturated heterocycles. The molecule has 1 aromatic carbocycles. The maximum Gasteiger partial charge on any atom is 0.475 e. The third kappa shape index (κ3) is 8.32. The monoisotopic (exact) mass is 510 g/mol. The van der Waals surface area contributed by atoms with Crippen LogP contribution in [-0.4, -0.2) is 82.7 Å². The number of benzene rings is 1. The number of nitrogens with zero attached hydrogens (tertiary/aromatic N) is 3. The second-order valence-electron chi connectivity index (χ2n) is 10.5. The molecule has 2 aliphatic heterocycles. The fraction of sp³-hybridized carbons (Fsp3) is 0.593. The molecule has 0 bridgehead atoms. The lowest BCUT2D eigenvalue weighted by Gasteiger charge is -2.40. The smallest absolute Gasteiger partial charge is 0.447 e. The van der Waals surface area contributed by atoms with E-state index in [0.29, 0.717) is 13.0 Å². The minimum atomic E-state index is -1.76. The lowest BCUT2D eigenvalue weighted by atomic mass is 9.76. The molecule has 0 aliphatic carbocycles. The van der Waals surface area contributed by atoms with Gasteiger partial charge in [0.05, 0.1) is 12.0 Å². The van der Waals surface area contributed by atoms with Gasteiger partial charge in [0.1, 0.15) is 18.2 Å². The van der Waals surface area contributed by atoms with Gasteiger partial charge < -0.3 is 25.0 Å². The van der Waals surface area contributed by atoms with Crippen LogP contribution in [0.5, 0.6) is 0 Å². The summed E-state index contributed by atoms with van der Waals surface area (Å²) in [5, 5.41) is 31.8. The molecule has 37 heavy (non-hydrogen) atoms. The number of carbonyl (C=O) groups excluding carboxylic acids is 2. The molecule has 0 spiro atoms. The molecule has 2 heterocycles. The van der Waals surface area contributed by atoms with E-state index in [0.717, 1.165) is 44.3 Å². The normalized spacial score (nSPS) is 20.0. The first-order valence-electron chi connectivity index (χ1n) is 13.2. The standard InChI is InChI=1S/C27H39BN4O5/c1-27(2,31-14-8-4-9-15-31)18-22(19-29)25(33)32-16-10-7-13-23(32)20-37-26(34)30-24(28(35)36)17-21-11-5-3-6-12-21/h3,5-6,11-12,18,23-24,35-36H,4,7-10,13-17,20H2,1-2H3,(H,30,34)/t23-,24?/m1/s1. The van der Waals surface area contributed by atoms with Crippen LogP contribution in [0.3, 0.4) is 0 Å². The van der Waals surface area contributed by atoms with Gasteiger partial charge in [-0.25, -0.2) is 4.79 Å². The Morgan fingerprint density at radius 3 is 2.49 bits per heavy atom. The van der Waals surface area contributed by atoms with Crippen molar-refractivity contribution >= 4 is 19.1 Å². The van der Waals surface area contributed by atoms with Crippen LogP contribution in [0.15, 0.2) is 42.0 Å². The Hall–Kier alpha value is -2.87. The summed E-state index contributed by atoms with van der Waals surface area (Å²) in [6.07, 6.45) is 7.00. The maximum atomic E-state index is 13.4. The molecule has 1 unspecified atom stereocenters. The molecule has 1 aromatic rings. The van der Waals surface area contributed by atoms with Crippen molar-refractivity contribution in [3.63, 3.8) is 0 Å². The van der Waals surface area contributed by atoms with Gasteiger partial charge in [-0.05, 0) is 77.1 Å². The summed E-state index contributed by atoms with van der Waals surface area (Å²) >= 11 is 0. The highest BCUT2D eigenvalue weighted by Gasteiger charge is 2.33. The number of hydrogen-bond donors (Lipinski definition) is 3. The number of carbonyl (C=O) groups is 2. The quantitative estimate of drug-likeness (QED) is 0.265. The minimum absolute atomic E-state index is 0.0363. The lowest BCUT2D eigenvalue weighted by Crippen LogP contribution is -2.50. The van der Waals surface area contributed by atoms with Crippen molar-refractivity contribution in [2.45, 2.75) is 76.3 Å². The number of nitriles is 1. The molecule has 2 atom stereocenters. The molecule has 200 valence electrons. The van der Waals surface area contributed by atoms with Crippen LogP contribution in [0.1, 0.15) is 57.9 Å². The van der Waals surface area contributed by atoms with Crippen molar-refractivity contribution < 1.29 is 24.4 Å². The second kappa shape index (κ2) is 13.6. The van der Waals surface area contributed by atoms with Crippen molar-refractivity contribution in [2.75, 3.05) is 26.2 Å². The zero-order valence-corrected chi connectivity index (χ0v) is 21.9. The van der Waals surface area contributed by atoms with Gasteiger partial charge in [-0.3, -0.25) is 9.69 Å². The maximum absolute atomic E-state index is 13.4. The second-order valence-corrected chi connectivity index (χ2v) is 10.5. The summed E-state index contributed by atoms with van der Waals surface area (Å²) in [6, 6.07) is 10.9. The SMILES string of the molecule is CC(C)(C=C(C#N)C(=O)N1CCCC[C@@H]1COC(=O)NC(Cc1ccccc1)B(O)O)N1CCCCC1. The average molecular weight is 510 g/mol. The number of piperidine rings is 2. The number of nitrogens with one attached hydrogen (secondary N) is 1. The molecule has 10 heteroatoms. The van der Waals surface area contributed by atoms with Crippen molar-refractivity contribution in [1.29, 1.82) is 5.26 Å². The highest BCUT2D eigenvalue weighted by atomic mass is 16.5. The summed E-state index contributed by atoms with van der Waals surface area (Å²) in [5.41, 5.74) is 0.535. The van der Waals surface area contributed by atoms with E-state index in [2.05, 4.69) is 16.3 Å². The van der Waals surface area contributed by atoms with Gasteiger partial charge in [-0.15, -0.1) is 0 Å². The van der Waals surface area contributed by atoms with Gasteiger partial charge >= 0.3 is 13.2 Å². The predicted octanol–water partition coefficient (Wildman–Crippen LogP) is 2.43. The van der Waals surface area contributed by atoms with Crippen molar-refractivity contribution in [3.8, 4) is 6.07 Å². The largest absolute Gasteiger partial charge is 0.475 e. The van der Waals surface area contributed by atoms with Crippen LogP contribution in [0.4, 0.5) is 4.79 Å². The van der Waals surface area contributed by atoms with Crippen molar-refractivity contribution in [1.82, 2.24) is 15.1 Å². The van der Waals surface area contributed by atoms with Gasteiger partial charge in [0.2, 0.25) is 0 Å². The van der Waals surface area contributed by atoms with E-state index in [1.165, 1.54) is 6.42 Å². The van der Waals surface area contributed by atoms with Crippen LogP contribution in [0, 0.1) is 11.3 Å². The summed E-state index contributed by atoms with van der Waals surface area (Å²) in [6.45, 7) is 6.41. The molecule has 3 rings (SSSR count). The molecule has 9 nitrogen and oxygen atoms in total. The highest BCUT2D eigenvalue weighted by molar-refractivity contribution is 6.43. The van der Waals surface area contributed by atoms with Crippen LogP contribution in [0.2, 0.25) is 0 Å². The molecular weight excluding hydrogens is 471 g/mol. The van der Waals surface area contributed by atoms with Crippen molar-refractivity contribution in [3.05, 3.63) is 47.5 Å². The Morgan fingerprint density at radius 1 is 1.16 bits per heavy atom. The van der Waals surface area contributed by atoms with Gasteiger partial charge in [-0.2, -0.15) is 5.26 Å². The average Bonchev–Trinajstić information content (AvgIpc) is 2.91. The number of hydrogen-bond acceptors (Lipinski definition) is 7. The van der Waals surface area contributed by atoms with Crippen LogP contribution >= 0.6 is 0 Å². The topological polar surface area (TPSA) is 126 Å². The Morgan fingerprint density at radius 2 is 1.84 bits per heavy atom.